The number of aliphatic hydroxyl groups is 1. The van der Waals surface area contributed by atoms with E-state index >= 15 is 0 Å². The summed E-state index contributed by atoms with van der Waals surface area (Å²) in [4.78, 5) is 26.6. The van der Waals surface area contributed by atoms with Gasteiger partial charge in [0.05, 0.1) is 12.6 Å². The Labute approximate surface area is 134 Å². The Balaban J connectivity index is 1.86. The number of β-amino-alcohol motifs (C(OH)–C–C–N with tert-alkyl or cyclic N) is 1. The predicted octanol–water partition coefficient (Wildman–Crippen LogP) is 1.41. The minimum atomic E-state index is -0.489. The van der Waals surface area contributed by atoms with Crippen LogP contribution in [0.3, 0.4) is 0 Å². The predicted molar refractivity (Wildman–Crippen MR) is 87.5 cm³/mol. The fourth-order valence-corrected chi connectivity index (χ4v) is 2.93. The van der Waals surface area contributed by atoms with E-state index in [1.165, 1.54) is 0 Å². The van der Waals surface area contributed by atoms with Gasteiger partial charge >= 0.3 is 0 Å². The first-order valence-corrected chi connectivity index (χ1v) is 7.77. The maximum atomic E-state index is 12.6. The molecule has 1 aliphatic heterocycles. The summed E-state index contributed by atoms with van der Waals surface area (Å²) in [6.07, 6.45) is 1.77. The highest BCUT2D eigenvalue weighted by molar-refractivity contribution is 5.94. The highest BCUT2D eigenvalue weighted by atomic mass is 16.3. The molecule has 0 unspecified atom stereocenters. The monoisotopic (exact) mass is 312 g/mol. The van der Waals surface area contributed by atoms with Gasteiger partial charge in [-0.3, -0.25) is 9.59 Å². The molecule has 120 valence electrons. The van der Waals surface area contributed by atoms with Crippen molar-refractivity contribution in [1.29, 1.82) is 0 Å². The van der Waals surface area contributed by atoms with Crippen molar-refractivity contribution in [3.05, 3.63) is 69.6 Å². The molecule has 1 fully saturated rings. The maximum absolute atomic E-state index is 12.6. The van der Waals surface area contributed by atoms with Crippen LogP contribution in [0.4, 0.5) is 0 Å². The maximum Gasteiger partial charge on any atom is 0.263 e. The van der Waals surface area contributed by atoms with Gasteiger partial charge in [-0.2, -0.15) is 0 Å². The molecule has 0 saturated carbocycles. The summed E-state index contributed by atoms with van der Waals surface area (Å²) in [7, 11) is 0. The van der Waals surface area contributed by atoms with Gasteiger partial charge in [0.15, 0.2) is 0 Å². The third-order valence-electron chi connectivity index (χ3n) is 4.14. The number of aryl methyl sites for hydroxylation is 1. The lowest BCUT2D eigenvalue weighted by Gasteiger charge is -2.16. The Kier molecular flexibility index (Phi) is 4.30. The van der Waals surface area contributed by atoms with Crippen molar-refractivity contribution in [2.45, 2.75) is 26.0 Å². The van der Waals surface area contributed by atoms with Gasteiger partial charge in [-0.25, -0.2) is 0 Å². The summed E-state index contributed by atoms with van der Waals surface area (Å²) < 4.78 is 1.55. The number of pyridine rings is 1. The van der Waals surface area contributed by atoms with Crippen molar-refractivity contribution in [3.63, 3.8) is 0 Å². The number of nitrogens with zero attached hydrogens (tertiary/aromatic N) is 2. The van der Waals surface area contributed by atoms with Crippen molar-refractivity contribution in [3.8, 4) is 0 Å². The van der Waals surface area contributed by atoms with Crippen LogP contribution >= 0.6 is 0 Å². The Morgan fingerprint density at radius 2 is 2.13 bits per heavy atom. The zero-order valence-corrected chi connectivity index (χ0v) is 13.1. The molecule has 23 heavy (non-hydrogen) atoms. The number of rotatable bonds is 3. The van der Waals surface area contributed by atoms with Crippen LogP contribution in [0.25, 0.3) is 0 Å². The van der Waals surface area contributed by atoms with Gasteiger partial charge in [0.1, 0.15) is 5.56 Å². The summed E-state index contributed by atoms with van der Waals surface area (Å²) in [5.41, 5.74) is 2.02. The number of hydrogen-bond acceptors (Lipinski definition) is 3. The van der Waals surface area contributed by atoms with Crippen molar-refractivity contribution < 1.29 is 9.90 Å². The Morgan fingerprint density at radius 1 is 1.30 bits per heavy atom. The molecule has 0 radical (unpaired) electrons. The summed E-state index contributed by atoms with van der Waals surface area (Å²) in [6, 6.07) is 11.2. The first-order valence-electron chi connectivity index (χ1n) is 7.77. The van der Waals surface area contributed by atoms with Gasteiger partial charge in [-0.15, -0.1) is 0 Å². The number of carbonyl (C=O) groups excluding carboxylic acids is 1. The van der Waals surface area contributed by atoms with Crippen LogP contribution in [0.2, 0.25) is 0 Å². The highest BCUT2D eigenvalue weighted by Crippen LogP contribution is 2.12. The van der Waals surface area contributed by atoms with E-state index in [-0.39, 0.29) is 17.0 Å². The lowest BCUT2D eigenvalue weighted by Crippen LogP contribution is -2.35. The fourth-order valence-electron chi connectivity index (χ4n) is 2.93. The lowest BCUT2D eigenvalue weighted by molar-refractivity contribution is 0.0762. The third kappa shape index (κ3) is 3.35. The lowest BCUT2D eigenvalue weighted by atomic mass is 10.1. The largest absolute Gasteiger partial charge is 0.391 e. The standard InChI is InChI=1S/C18H20N2O3/c1-13-4-2-5-14(10-13)11-19-8-3-6-16(17(19)22)18(23)20-9-7-15(21)12-20/h2-6,8,10,15,21H,7,9,11-12H2,1H3/t15-/m1/s1. The van der Waals surface area contributed by atoms with Gasteiger partial charge in [0.2, 0.25) is 0 Å². The van der Waals surface area contributed by atoms with Crippen LogP contribution in [0.1, 0.15) is 27.9 Å². The molecule has 1 atom stereocenters. The van der Waals surface area contributed by atoms with Crippen molar-refractivity contribution in [2.75, 3.05) is 13.1 Å². The molecule has 1 aromatic carbocycles. The third-order valence-corrected chi connectivity index (χ3v) is 4.14. The number of benzene rings is 1. The Morgan fingerprint density at radius 3 is 2.83 bits per heavy atom. The molecule has 3 rings (SSSR count). The number of amides is 1. The number of carbonyl (C=O) groups is 1. The first-order chi connectivity index (χ1) is 11.0. The summed E-state index contributed by atoms with van der Waals surface area (Å²) in [5, 5.41) is 9.56. The van der Waals surface area contributed by atoms with E-state index < -0.39 is 6.10 Å². The van der Waals surface area contributed by atoms with Crippen LogP contribution in [0, 0.1) is 6.92 Å². The van der Waals surface area contributed by atoms with Crippen molar-refractivity contribution >= 4 is 5.91 Å². The topological polar surface area (TPSA) is 62.5 Å². The average molecular weight is 312 g/mol. The van der Waals surface area contributed by atoms with Gasteiger partial charge < -0.3 is 14.6 Å². The Bertz CT molecular complexity index is 782. The second kappa shape index (κ2) is 6.38. The molecule has 0 aliphatic carbocycles. The van der Waals surface area contributed by atoms with E-state index in [4.69, 9.17) is 0 Å². The summed E-state index contributed by atoms with van der Waals surface area (Å²) in [6.45, 7) is 3.23. The smallest absolute Gasteiger partial charge is 0.263 e. The van der Waals surface area contributed by atoms with Gasteiger partial charge in [-0.1, -0.05) is 29.8 Å². The number of aromatic nitrogens is 1. The zero-order chi connectivity index (χ0) is 16.4. The molecular weight excluding hydrogens is 292 g/mol. The van der Waals surface area contributed by atoms with E-state index in [0.717, 1.165) is 11.1 Å². The van der Waals surface area contributed by atoms with E-state index in [9.17, 15) is 14.7 Å². The van der Waals surface area contributed by atoms with Crippen LogP contribution < -0.4 is 5.56 Å². The van der Waals surface area contributed by atoms with Gasteiger partial charge in [0, 0.05) is 19.3 Å². The SMILES string of the molecule is Cc1cccc(Cn2cccc(C(=O)N3CC[C@@H](O)C3)c2=O)c1. The van der Waals surface area contributed by atoms with Crippen LogP contribution in [-0.2, 0) is 6.54 Å². The summed E-state index contributed by atoms with van der Waals surface area (Å²) in [5.74, 6) is -0.301. The molecule has 2 aromatic rings. The highest BCUT2D eigenvalue weighted by Gasteiger charge is 2.27. The first kappa shape index (κ1) is 15.5. The molecule has 1 aliphatic rings. The second-order valence-electron chi connectivity index (χ2n) is 6.04. The minimum Gasteiger partial charge on any atom is -0.391 e. The number of likely N-dealkylation sites (tertiary alicyclic amines) is 1. The minimum absolute atomic E-state index is 0.161. The number of aliphatic hydroxyl groups excluding tert-OH is 1. The van der Waals surface area contributed by atoms with Crippen molar-refractivity contribution in [2.24, 2.45) is 0 Å². The zero-order valence-electron chi connectivity index (χ0n) is 13.1. The van der Waals surface area contributed by atoms with Crippen molar-refractivity contribution in [1.82, 2.24) is 9.47 Å². The molecule has 1 N–H and O–H groups in total. The van der Waals surface area contributed by atoms with E-state index in [2.05, 4.69) is 0 Å². The van der Waals surface area contributed by atoms with E-state index in [1.54, 1.807) is 27.8 Å². The molecule has 0 bridgehead atoms. The summed E-state index contributed by atoms with van der Waals surface area (Å²) >= 11 is 0. The second-order valence-corrected chi connectivity index (χ2v) is 6.04. The fraction of sp³-hybridized carbons (Fsp3) is 0.333. The van der Waals surface area contributed by atoms with Crippen LogP contribution in [-0.4, -0.2) is 39.7 Å². The van der Waals surface area contributed by atoms with Gasteiger partial charge in [0.25, 0.3) is 11.5 Å². The molecule has 5 nitrogen and oxygen atoms in total. The molecular formula is C18H20N2O3. The number of hydrogen-bond donors (Lipinski definition) is 1. The molecule has 0 spiro atoms. The van der Waals surface area contributed by atoms with Gasteiger partial charge in [-0.05, 0) is 31.0 Å². The molecule has 1 aromatic heterocycles. The van der Waals surface area contributed by atoms with Crippen LogP contribution in [0.5, 0.6) is 0 Å². The molecule has 1 amide bonds. The molecule has 1 saturated heterocycles. The quantitative estimate of drug-likeness (QED) is 0.932. The molecule has 2 heterocycles. The Hall–Kier alpha value is -2.40. The van der Waals surface area contributed by atoms with Crippen LogP contribution in [0.15, 0.2) is 47.4 Å². The van der Waals surface area contributed by atoms with E-state index in [0.29, 0.717) is 26.1 Å². The van der Waals surface area contributed by atoms with E-state index in [1.807, 2.05) is 31.2 Å². The average Bonchev–Trinajstić information content (AvgIpc) is 2.95. The molecule has 5 heteroatoms. The normalized spacial score (nSPS) is 17.5.